The van der Waals surface area contributed by atoms with Crippen LogP contribution in [0, 0.1) is 0 Å². The van der Waals surface area contributed by atoms with Gasteiger partial charge >= 0.3 is 0 Å². The maximum atomic E-state index is 2.34. The Kier molecular flexibility index (Phi) is 6.32. The lowest BCUT2D eigenvalue weighted by Gasteiger charge is -2.23. The molecule has 0 heterocycles. The molecule has 0 heteroatoms. The summed E-state index contributed by atoms with van der Waals surface area (Å²) >= 11 is 0. The first-order chi connectivity index (χ1) is 13.6. The fourth-order valence-electron chi connectivity index (χ4n) is 3.89. The van der Waals surface area contributed by atoms with Crippen LogP contribution in [0.25, 0.3) is 0 Å². The summed E-state index contributed by atoms with van der Waals surface area (Å²) in [5.41, 5.74) is 7.44. The molecular weight excluding hydrogens is 348 g/mol. The van der Waals surface area contributed by atoms with Crippen LogP contribution in [0.5, 0.6) is 0 Å². The maximum Gasteiger partial charge on any atom is -0.00810 e. The van der Waals surface area contributed by atoms with Gasteiger partial charge in [0.2, 0.25) is 0 Å². The molecule has 0 saturated carbocycles. The number of benzene rings is 3. The summed E-state index contributed by atoms with van der Waals surface area (Å²) in [6.45, 7) is 13.7. The monoisotopic (exact) mass is 384 g/mol. The van der Waals surface area contributed by atoms with Gasteiger partial charge in [-0.05, 0) is 57.4 Å². The van der Waals surface area contributed by atoms with Crippen molar-refractivity contribution in [3.8, 4) is 0 Å². The molecule has 3 aromatic rings. The first-order valence-electron chi connectivity index (χ1n) is 10.9. The fraction of sp³-hybridized carbons (Fsp3) is 0.379. The lowest BCUT2D eigenvalue weighted by molar-refractivity contribution is 0.587. The third kappa shape index (κ3) is 5.82. The molecule has 0 fully saturated rings. The highest BCUT2D eigenvalue weighted by molar-refractivity contribution is 5.34. The highest BCUT2D eigenvalue weighted by atomic mass is 14.2. The lowest BCUT2D eigenvalue weighted by Crippen LogP contribution is -2.13. The maximum absolute atomic E-state index is 2.34. The molecule has 0 bridgehead atoms. The highest BCUT2D eigenvalue weighted by Gasteiger charge is 2.18. The molecular formula is C29H36. The molecule has 0 spiro atoms. The van der Waals surface area contributed by atoms with Gasteiger partial charge in [0, 0.05) is 0 Å². The topological polar surface area (TPSA) is 0 Å². The van der Waals surface area contributed by atoms with E-state index < -0.39 is 0 Å². The van der Waals surface area contributed by atoms with Crippen LogP contribution < -0.4 is 0 Å². The normalized spacial score (nSPS) is 13.3. The van der Waals surface area contributed by atoms with Crippen LogP contribution in [0.4, 0.5) is 0 Å². The molecule has 0 nitrogen and oxygen atoms in total. The third-order valence-corrected chi connectivity index (χ3v) is 5.88. The number of hydrogen-bond acceptors (Lipinski definition) is 0. The van der Waals surface area contributed by atoms with Crippen LogP contribution in [0.3, 0.4) is 0 Å². The lowest BCUT2D eigenvalue weighted by atomic mass is 9.82. The second kappa shape index (κ2) is 8.57. The molecule has 152 valence electrons. The van der Waals surface area contributed by atoms with Crippen molar-refractivity contribution in [2.75, 3.05) is 0 Å². The zero-order chi connectivity index (χ0) is 21.1. The van der Waals surface area contributed by atoms with Crippen molar-refractivity contribution in [2.24, 2.45) is 0 Å². The van der Waals surface area contributed by atoms with Gasteiger partial charge in [0.25, 0.3) is 0 Å². The molecule has 0 aliphatic rings. The standard InChI is InChI=1S/C29H36/c1-28(2,3)26-16-12-23(13-17-26)21-25(20-22-10-8-7-9-11-22)24-14-18-27(19-15-24)29(4,5)6/h7-19,25H,20-21H2,1-6H3/t25-/m0/s1. The molecule has 3 rings (SSSR count). The fourth-order valence-corrected chi connectivity index (χ4v) is 3.89. The Morgan fingerprint density at radius 3 is 1.38 bits per heavy atom. The van der Waals surface area contributed by atoms with Gasteiger partial charge in [0.1, 0.15) is 0 Å². The minimum absolute atomic E-state index is 0.191. The van der Waals surface area contributed by atoms with Crippen molar-refractivity contribution >= 4 is 0 Å². The summed E-state index contributed by atoms with van der Waals surface area (Å²) in [4.78, 5) is 0. The average molecular weight is 385 g/mol. The van der Waals surface area contributed by atoms with E-state index in [2.05, 4.69) is 120 Å². The largest absolute Gasteiger partial charge is 0.0622 e. The molecule has 0 amide bonds. The van der Waals surface area contributed by atoms with Crippen molar-refractivity contribution < 1.29 is 0 Å². The minimum Gasteiger partial charge on any atom is -0.0622 e. The SMILES string of the molecule is CC(C)(C)c1ccc(C[C@H](Cc2ccccc2)c2ccc(C(C)(C)C)cc2)cc1. The first-order valence-corrected chi connectivity index (χ1v) is 10.9. The quantitative estimate of drug-likeness (QED) is 0.420. The van der Waals surface area contributed by atoms with Gasteiger partial charge in [-0.25, -0.2) is 0 Å². The summed E-state index contributed by atoms with van der Waals surface area (Å²) in [6.07, 6.45) is 2.13. The van der Waals surface area contributed by atoms with E-state index >= 15 is 0 Å². The van der Waals surface area contributed by atoms with Gasteiger partial charge in [0.05, 0.1) is 0 Å². The Morgan fingerprint density at radius 2 is 0.931 bits per heavy atom. The van der Waals surface area contributed by atoms with Crippen molar-refractivity contribution in [3.05, 3.63) is 107 Å². The first kappa shape index (κ1) is 21.4. The molecule has 0 N–H and O–H groups in total. The minimum atomic E-state index is 0.191. The molecule has 0 aliphatic carbocycles. The molecule has 0 saturated heterocycles. The zero-order valence-corrected chi connectivity index (χ0v) is 19.0. The second-order valence-electron chi connectivity index (χ2n) is 10.4. The number of hydrogen-bond donors (Lipinski definition) is 0. The van der Waals surface area contributed by atoms with E-state index in [1.807, 2.05) is 0 Å². The summed E-state index contributed by atoms with van der Waals surface area (Å²) < 4.78 is 0. The van der Waals surface area contributed by atoms with Crippen molar-refractivity contribution in [2.45, 2.75) is 71.1 Å². The van der Waals surface area contributed by atoms with Gasteiger partial charge in [-0.2, -0.15) is 0 Å². The average Bonchev–Trinajstić information content (AvgIpc) is 2.67. The van der Waals surface area contributed by atoms with E-state index in [1.165, 1.54) is 27.8 Å². The van der Waals surface area contributed by atoms with Crippen molar-refractivity contribution in [1.29, 1.82) is 0 Å². The van der Waals surface area contributed by atoms with E-state index in [0.717, 1.165) is 12.8 Å². The van der Waals surface area contributed by atoms with Gasteiger partial charge in [-0.3, -0.25) is 0 Å². The van der Waals surface area contributed by atoms with Crippen LogP contribution in [0.15, 0.2) is 78.9 Å². The van der Waals surface area contributed by atoms with E-state index in [9.17, 15) is 0 Å². The molecule has 0 unspecified atom stereocenters. The number of rotatable bonds is 5. The Hall–Kier alpha value is -2.34. The van der Waals surface area contributed by atoms with Gasteiger partial charge in [-0.1, -0.05) is 120 Å². The van der Waals surface area contributed by atoms with Crippen LogP contribution in [-0.2, 0) is 23.7 Å². The van der Waals surface area contributed by atoms with E-state index in [-0.39, 0.29) is 10.8 Å². The van der Waals surface area contributed by atoms with Gasteiger partial charge < -0.3 is 0 Å². The molecule has 0 aliphatic heterocycles. The molecule has 0 radical (unpaired) electrons. The zero-order valence-electron chi connectivity index (χ0n) is 19.0. The predicted molar refractivity (Wildman–Crippen MR) is 127 cm³/mol. The summed E-state index contributed by atoms with van der Waals surface area (Å²) in [7, 11) is 0. The Bertz CT molecular complexity index is 885. The summed E-state index contributed by atoms with van der Waals surface area (Å²) in [5.74, 6) is 0.479. The van der Waals surface area contributed by atoms with Crippen LogP contribution >= 0.6 is 0 Å². The van der Waals surface area contributed by atoms with Crippen molar-refractivity contribution in [1.82, 2.24) is 0 Å². The smallest absolute Gasteiger partial charge is 0.00810 e. The Labute approximate surface area is 178 Å². The third-order valence-electron chi connectivity index (χ3n) is 5.88. The van der Waals surface area contributed by atoms with E-state index in [4.69, 9.17) is 0 Å². The highest BCUT2D eigenvalue weighted by Crippen LogP contribution is 2.30. The summed E-state index contributed by atoms with van der Waals surface area (Å²) in [6, 6.07) is 29.5. The molecule has 3 aromatic carbocycles. The second-order valence-corrected chi connectivity index (χ2v) is 10.4. The van der Waals surface area contributed by atoms with Crippen LogP contribution in [0.2, 0.25) is 0 Å². The van der Waals surface area contributed by atoms with E-state index in [1.54, 1.807) is 0 Å². The Balaban J connectivity index is 1.87. The van der Waals surface area contributed by atoms with Crippen molar-refractivity contribution in [3.63, 3.8) is 0 Å². The van der Waals surface area contributed by atoms with Crippen LogP contribution in [0.1, 0.15) is 75.3 Å². The van der Waals surface area contributed by atoms with E-state index in [0.29, 0.717) is 5.92 Å². The Morgan fingerprint density at radius 1 is 0.517 bits per heavy atom. The molecule has 29 heavy (non-hydrogen) atoms. The van der Waals surface area contributed by atoms with Crippen LogP contribution in [-0.4, -0.2) is 0 Å². The molecule has 1 atom stereocenters. The molecule has 0 aromatic heterocycles. The summed E-state index contributed by atoms with van der Waals surface area (Å²) in [5, 5.41) is 0. The van der Waals surface area contributed by atoms with Gasteiger partial charge in [-0.15, -0.1) is 0 Å². The predicted octanol–water partition coefficient (Wildman–Crippen LogP) is 7.85. The van der Waals surface area contributed by atoms with Gasteiger partial charge in [0.15, 0.2) is 0 Å².